The Hall–Kier alpha value is -0.640. The van der Waals surface area contributed by atoms with Gasteiger partial charge in [0.15, 0.2) is 5.78 Å². The first-order valence-electron chi connectivity index (χ1n) is 5.81. The van der Waals surface area contributed by atoms with Gasteiger partial charge in [0.05, 0.1) is 9.65 Å². The Labute approximate surface area is 133 Å². The molecule has 0 amide bonds. The lowest BCUT2D eigenvalue weighted by molar-refractivity contribution is 0.103. The van der Waals surface area contributed by atoms with E-state index in [0.29, 0.717) is 10.6 Å². The quantitative estimate of drug-likeness (QED) is 0.537. The van der Waals surface area contributed by atoms with Crippen LogP contribution in [0.15, 0.2) is 42.5 Å². The molecule has 0 N–H and O–H groups in total. The van der Waals surface area contributed by atoms with E-state index in [1.54, 1.807) is 12.1 Å². The van der Waals surface area contributed by atoms with Crippen molar-refractivity contribution in [3.8, 4) is 0 Å². The predicted octanol–water partition coefficient (Wildman–Crippen LogP) is 5.46. The molecule has 2 aromatic carbocycles. The minimum atomic E-state index is 0.00815. The molecule has 0 saturated carbocycles. The van der Waals surface area contributed by atoms with Crippen molar-refractivity contribution in [1.82, 2.24) is 0 Å². The predicted molar refractivity (Wildman–Crippen MR) is 84.7 cm³/mol. The number of rotatable bonds is 0. The molecule has 0 aliphatic heterocycles. The van der Waals surface area contributed by atoms with Crippen molar-refractivity contribution in [2.45, 2.75) is 9.65 Å². The van der Waals surface area contributed by atoms with Crippen LogP contribution in [0.3, 0.4) is 0 Å². The molecule has 0 aromatic heterocycles. The van der Waals surface area contributed by atoms with Gasteiger partial charge < -0.3 is 0 Å². The van der Waals surface area contributed by atoms with Crippen LogP contribution in [0.1, 0.15) is 36.7 Å². The molecule has 3 rings (SSSR count). The standard InChI is InChI=1S/C15H9Br2ClO/c16-13-9-3-1-2-4-10(9)15(19)11-6-5-8(18)7-12(11)14(13)17/h1-7,13-14H. The Morgan fingerprint density at radius 3 is 2.32 bits per heavy atom. The van der Waals surface area contributed by atoms with E-state index >= 15 is 0 Å². The number of fused-ring (bicyclic) bond motifs is 2. The highest BCUT2D eigenvalue weighted by atomic mass is 79.9. The van der Waals surface area contributed by atoms with Gasteiger partial charge in [0.2, 0.25) is 0 Å². The lowest BCUT2D eigenvalue weighted by Gasteiger charge is -2.17. The molecule has 1 aliphatic carbocycles. The maximum Gasteiger partial charge on any atom is 0.193 e. The van der Waals surface area contributed by atoms with E-state index in [0.717, 1.165) is 16.7 Å². The first-order valence-corrected chi connectivity index (χ1v) is 8.01. The highest BCUT2D eigenvalue weighted by Gasteiger charge is 2.31. The molecule has 2 unspecified atom stereocenters. The van der Waals surface area contributed by atoms with Crippen LogP contribution in [0.2, 0.25) is 5.02 Å². The third-order valence-electron chi connectivity index (χ3n) is 3.31. The Morgan fingerprint density at radius 2 is 1.53 bits per heavy atom. The average molecular weight is 400 g/mol. The molecule has 0 heterocycles. The van der Waals surface area contributed by atoms with E-state index in [4.69, 9.17) is 11.6 Å². The lowest BCUT2D eigenvalue weighted by atomic mass is 9.99. The summed E-state index contributed by atoms with van der Waals surface area (Å²) in [4.78, 5) is 12.7. The summed E-state index contributed by atoms with van der Waals surface area (Å²) in [6.45, 7) is 0. The van der Waals surface area contributed by atoms with E-state index in [1.807, 2.05) is 30.3 Å². The van der Waals surface area contributed by atoms with Gasteiger partial charge in [0, 0.05) is 16.1 Å². The minimum absolute atomic E-state index is 0.00815. The van der Waals surface area contributed by atoms with Crippen LogP contribution in [0.25, 0.3) is 0 Å². The normalized spacial score (nSPS) is 21.5. The first kappa shape index (κ1) is 13.3. The summed E-state index contributed by atoms with van der Waals surface area (Å²) in [7, 11) is 0. The fraction of sp³-hybridized carbons (Fsp3) is 0.133. The van der Waals surface area contributed by atoms with Crippen molar-refractivity contribution < 1.29 is 4.79 Å². The summed E-state index contributed by atoms with van der Waals surface area (Å²) in [6, 6.07) is 13.1. The van der Waals surface area contributed by atoms with Crippen molar-refractivity contribution in [3.63, 3.8) is 0 Å². The number of hydrogen-bond acceptors (Lipinski definition) is 1. The molecule has 0 bridgehead atoms. The molecule has 2 aromatic rings. The number of ketones is 1. The van der Waals surface area contributed by atoms with Crippen molar-refractivity contribution >= 4 is 49.2 Å². The topological polar surface area (TPSA) is 17.1 Å². The molecule has 0 spiro atoms. The van der Waals surface area contributed by atoms with E-state index < -0.39 is 0 Å². The Bertz CT molecular complexity index is 669. The van der Waals surface area contributed by atoms with Crippen molar-refractivity contribution in [2.24, 2.45) is 0 Å². The molecule has 0 radical (unpaired) electrons. The fourth-order valence-corrected chi connectivity index (χ4v) is 3.90. The lowest BCUT2D eigenvalue weighted by Crippen LogP contribution is -2.03. The highest BCUT2D eigenvalue weighted by molar-refractivity contribution is 9.12. The largest absolute Gasteiger partial charge is 0.289 e. The molecule has 19 heavy (non-hydrogen) atoms. The Kier molecular flexibility index (Phi) is 3.54. The van der Waals surface area contributed by atoms with Gasteiger partial charge in [-0.2, -0.15) is 0 Å². The van der Waals surface area contributed by atoms with Gasteiger partial charge in [0.25, 0.3) is 0 Å². The molecular formula is C15H9Br2ClO. The average Bonchev–Trinajstić information content (AvgIpc) is 2.51. The number of alkyl halides is 2. The fourth-order valence-electron chi connectivity index (χ4n) is 2.37. The second-order valence-electron chi connectivity index (χ2n) is 4.45. The third-order valence-corrected chi connectivity index (χ3v) is 6.30. The van der Waals surface area contributed by atoms with Crippen LogP contribution in [0.5, 0.6) is 0 Å². The molecule has 1 nitrogen and oxygen atoms in total. The summed E-state index contributed by atoms with van der Waals surface area (Å²) in [5.74, 6) is 0.0497. The summed E-state index contributed by atoms with van der Waals surface area (Å²) >= 11 is 13.4. The number of carbonyl (C=O) groups excluding carboxylic acids is 1. The van der Waals surface area contributed by atoms with Crippen LogP contribution in [0, 0.1) is 0 Å². The number of benzene rings is 2. The van der Waals surface area contributed by atoms with Crippen LogP contribution in [0.4, 0.5) is 0 Å². The molecule has 2 atom stereocenters. The number of halogens is 3. The van der Waals surface area contributed by atoms with Crippen molar-refractivity contribution in [3.05, 3.63) is 69.7 Å². The molecule has 0 fully saturated rings. The first-order chi connectivity index (χ1) is 9.09. The van der Waals surface area contributed by atoms with Gasteiger partial charge in [-0.15, -0.1) is 0 Å². The van der Waals surface area contributed by atoms with Gasteiger partial charge in [-0.25, -0.2) is 0 Å². The maximum atomic E-state index is 12.6. The number of carbonyl (C=O) groups is 1. The maximum absolute atomic E-state index is 12.6. The summed E-state index contributed by atoms with van der Waals surface area (Å²) < 4.78 is 0. The second-order valence-corrected chi connectivity index (χ2v) is 6.86. The highest BCUT2D eigenvalue weighted by Crippen LogP contribution is 2.47. The SMILES string of the molecule is O=C1c2ccccc2C(Br)C(Br)c2cc(Cl)ccc21. The summed E-state index contributed by atoms with van der Waals surface area (Å²) in [5, 5.41) is 0.640. The third kappa shape index (κ3) is 2.18. The van der Waals surface area contributed by atoms with Crippen molar-refractivity contribution in [1.29, 1.82) is 0 Å². The Balaban J connectivity index is 2.30. The monoisotopic (exact) mass is 398 g/mol. The molecule has 4 heteroatoms. The van der Waals surface area contributed by atoms with E-state index in [2.05, 4.69) is 31.9 Å². The van der Waals surface area contributed by atoms with Gasteiger partial charge >= 0.3 is 0 Å². The molecular weight excluding hydrogens is 391 g/mol. The Morgan fingerprint density at radius 1 is 0.895 bits per heavy atom. The van der Waals surface area contributed by atoms with Crippen molar-refractivity contribution in [2.75, 3.05) is 0 Å². The van der Waals surface area contributed by atoms with Crippen LogP contribution in [-0.2, 0) is 0 Å². The summed E-state index contributed by atoms with van der Waals surface area (Å²) in [6.07, 6.45) is 0. The summed E-state index contributed by atoms with van der Waals surface area (Å²) in [5.41, 5.74) is 3.38. The van der Waals surface area contributed by atoms with Gasteiger partial charge in [-0.3, -0.25) is 4.79 Å². The zero-order valence-electron chi connectivity index (χ0n) is 9.74. The molecule has 0 saturated heterocycles. The zero-order chi connectivity index (χ0) is 13.6. The number of hydrogen-bond donors (Lipinski definition) is 0. The van der Waals surface area contributed by atoms with Gasteiger partial charge in [-0.1, -0.05) is 67.7 Å². The van der Waals surface area contributed by atoms with E-state index in [-0.39, 0.29) is 15.4 Å². The molecule has 96 valence electrons. The van der Waals surface area contributed by atoms with E-state index in [9.17, 15) is 4.79 Å². The smallest absolute Gasteiger partial charge is 0.193 e. The minimum Gasteiger partial charge on any atom is -0.289 e. The van der Waals surface area contributed by atoms with Crippen LogP contribution < -0.4 is 0 Å². The van der Waals surface area contributed by atoms with Gasteiger partial charge in [0.1, 0.15) is 0 Å². The molecule has 1 aliphatic rings. The second kappa shape index (κ2) is 5.04. The van der Waals surface area contributed by atoms with Crippen LogP contribution in [-0.4, -0.2) is 5.78 Å². The van der Waals surface area contributed by atoms with E-state index in [1.165, 1.54) is 0 Å². The van der Waals surface area contributed by atoms with Crippen LogP contribution >= 0.6 is 43.5 Å². The van der Waals surface area contributed by atoms with Gasteiger partial charge in [-0.05, 0) is 29.3 Å². The zero-order valence-corrected chi connectivity index (χ0v) is 13.7.